The molecule has 1 saturated heterocycles. The molecule has 6 heteroatoms. The van der Waals surface area contributed by atoms with Crippen molar-refractivity contribution in [3.63, 3.8) is 0 Å². The first-order valence-electron chi connectivity index (χ1n) is 9.49. The molecule has 0 unspecified atom stereocenters. The average molecular weight is 381 g/mol. The van der Waals surface area contributed by atoms with E-state index in [0.29, 0.717) is 36.5 Å². The number of benzene rings is 2. The normalized spacial score (nSPS) is 16.1. The SMILES string of the molecule is COc1ccc(C)cc1C1(CNc2ncnc3cccc(F)c23)CCOCC1. The second-order valence-electron chi connectivity index (χ2n) is 7.31. The number of nitrogens with one attached hydrogen (secondary N) is 1. The lowest BCUT2D eigenvalue weighted by Crippen LogP contribution is -2.40. The highest BCUT2D eigenvalue weighted by Crippen LogP contribution is 2.40. The fraction of sp³-hybridized carbons (Fsp3) is 0.364. The van der Waals surface area contributed by atoms with E-state index < -0.39 is 0 Å². The minimum atomic E-state index is -0.324. The van der Waals surface area contributed by atoms with Crippen molar-refractivity contribution in [2.75, 3.05) is 32.2 Å². The Hall–Kier alpha value is -2.73. The van der Waals surface area contributed by atoms with Crippen LogP contribution in [0.5, 0.6) is 5.75 Å². The number of hydrogen-bond donors (Lipinski definition) is 1. The third kappa shape index (κ3) is 3.40. The summed E-state index contributed by atoms with van der Waals surface area (Å²) in [5.74, 6) is 1.06. The number of anilines is 1. The van der Waals surface area contributed by atoms with Gasteiger partial charge in [0, 0.05) is 30.7 Å². The smallest absolute Gasteiger partial charge is 0.140 e. The summed E-state index contributed by atoms with van der Waals surface area (Å²) in [7, 11) is 1.70. The zero-order valence-corrected chi connectivity index (χ0v) is 16.2. The van der Waals surface area contributed by atoms with E-state index in [9.17, 15) is 4.39 Å². The molecule has 1 aliphatic heterocycles. The number of fused-ring (bicyclic) bond motifs is 1. The van der Waals surface area contributed by atoms with Gasteiger partial charge in [0.15, 0.2) is 0 Å². The lowest BCUT2D eigenvalue weighted by molar-refractivity contribution is 0.0535. The fourth-order valence-electron chi connectivity index (χ4n) is 3.99. The molecule has 0 aliphatic carbocycles. The van der Waals surface area contributed by atoms with E-state index in [1.165, 1.54) is 18.0 Å². The first-order chi connectivity index (χ1) is 13.6. The average Bonchev–Trinajstić information content (AvgIpc) is 2.73. The molecule has 28 heavy (non-hydrogen) atoms. The maximum absolute atomic E-state index is 14.4. The van der Waals surface area contributed by atoms with Gasteiger partial charge in [0.05, 0.1) is 18.0 Å². The number of hydrogen-bond acceptors (Lipinski definition) is 5. The third-order valence-electron chi connectivity index (χ3n) is 5.58. The van der Waals surface area contributed by atoms with Gasteiger partial charge in [-0.2, -0.15) is 0 Å². The van der Waals surface area contributed by atoms with E-state index >= 15 is 0 Å². The molecule has 0 spiro atoms. The van der Waals surface area contributed by atoms with E-state index in [1.807, 2.05) is 6.07 Å². The van der Waals surface area contributed by atoms with Crippen LogP contribution in [0.3, 0.4) is 0 Å². The molecule has 0 amide bonds. The van der Waals surface area contributed by atoms with Crippen LogP contribution in [0.2, 0.25) is 0 Å². The minimum Gasteiger partial charge on any atom is -0.496 e. The van der Waals surface area contributed by atoms with Gasteiger partial charge >= 0.3 is 0 Å². The van der Waals surface area contributed by atoms with E-state index in [4.69, 9.17) is 9.47 Å². The number of aryl methyl sites for hydroxylation is 1. The van der Waals surface area contributed by atoms with Gasteiger partial charge in [-0.3, -0.25) is 0 Å². The van der Waals surface area contributed by atoms with Gasteiger partial charge < -0.3 is 14.8 Å². The largest absolute Gasteiger partial charge is 0.496 e. The Bertz CT molecular complexity index is 981. The minimum absolute atomic E-state index is 0.182. The van der Waals surface area contributed by atoms with Crippen molar-refractivity contribution in [2.45, 2.75) is 25.2 Å². The standard InChI is InChI=1S/C22H24FN3O2/c1-15-6-7-19(27-2)16(12-15)22(8-10-28-11-9-22)13-24-21-20-17(23)4-3-5-18(20)25-14-26-21/h3-7,12,14H,8-11,13H2,1-2H3,(H,24,25,26). The van der Waals surface area contributed by atoms with Crippen LogP contribution >= 0.6 is 0 Å². The highest BCUT2D eigenvalue weighted by atomic mass is 19.1. The third-order valence-corrected chi connectivity index (χ3v) is 5.58. The van der Waals surface area contributed by atoms with Gasteiger partial charge in [0.1, 0.15) is 23.7 Å². The molecular formula is C22H24FN3O2. The van der Waals surface area contributed by atoms with Crippen LogP contribution in [0.25, 0.3) is 10.9 Å². The molecule has 0 atom stereocenters. The molecule has 1 aliphatic rings. The van der Waals surface area contributed by atoms with E-state index in [2.05, 4.69) is 34.3 Å². The van der Waals surface area contributed by atoms with Crippen LogP contribution in [-0.2, 0) is 10.2 Å². The summed E-state index contributed by atoms with van der Waals surface area (Å²) in [5.41, 5.74) is 2.74. The second kappa shape index (κ2) is 7.72. The number of methoxy groups -OCH3 is 1. The Kier molecular flexibility index (Phi) is 5.13. The van der Waals surface area contributed by atoms with Gasteiger partial charge in [-0.15, -0.1) is 0 Å². The molecule has 0 bridgehead atoms. The summed E-state index contributed by atoms with van der Waals surface area (Å²) < 4.78 is 25.7. The molecule has 2 aromatic carbocycles. The van der Waals surface area contributed by atoms with Crippen molar-refractivity contribution in [1.82, 2.24) is 9.97 Å². The van der Waals surface area contributed by atoms with E-state index in [-0.39, 0.29) is 11.2 Å². The number of aromatic nitrogens is 2. The molecule has 2 heterocycles. The summed E-state index contributed by atoms with van der Waals surface area (Å²) in [5, 5.41) is 3.83. The molecule has 3 aromatic rings. The molecule has 4 rings (SSSR count). The molecule has 0 radical (unpaired) electrons. The quantitative estimate of drug-likeness (QED) is 0.716. The number of ether oxygens (including phenoxy) is 2. The monoisotopic (exact) mass is 381 g/mol. The first-order valence-corrected chi connectivity index (χ1v) is 9.49. The molecule has 146 valence electrons. The summed E-state index contributed by atoms with van der Waals surface area (Å²) in [6.07, 6.45) is 3.17. The molecule has 1 aromatic heterocycles. The number of rotatable bonds is 5. The summed E-state index contributed by atoms with van der Waals surface area (Å²) in [6.45, 7) is 4.04. The van der Waals surface area contributed by atoms with Gasteiger partial charge in [-0.05, 0) is 38.0 Å². The van der Waals surface area contributed by atoms with Gasteiger partial charge in [-0.1, -0.05) is 23.8 Å². The zero-order valence-electron chi connectivity index (χ0n) is 16.2. The Balaban J connectivity index is 1.72. The molecule has 1 N–H and O–H groups in total. The predicted octanol–water partition coefficient (Wildman–Crippen LogP) is 4.25. The Morgan fingerprint density at radius 1 is 1.18 bits per heavy atom. The van der Waals surface area contributed by atoms with Crippen molar-refractivity contribution in [3.8, 4) is 5.75 Å². The van der Waals surface area contributed by atoms with Gasteiger partial charge in [0.2, 0.25) is 0 Å². The van der Waals surface area contributed by atoms with Crippen LogP contribution in [0, 0.1) is 12.7 Å². The van der Waals surface area contributed by atoms with Crippen LogP contribution in [0.1, 0.15) is 24.0 Å². The van der Waals surface area contributed by atoms with Crippen molar-refractivity contribution in [1.29, 1.82) is 0 Å². The number of halogens is 1. The van der Waals surface area contributed by atoms with Crippen LogP contribution in [0.4, 0.5) is 10.2 Å². The highest BCUT2D eigenvalue weighted by molar-refractivity contribution is 5.89. The number of nitrogens with zero attached hydrogens (tertiary/aromatic N) is 2. The van der Waals surface area contributed by atoms with Crippen LogP contribution < -0.4 is 10.1 Å². The van der Waals surface area contributed by atoms with Gasteiger partial charge in [0.25, 0.3) is 0 Å². The van der Waals surface area contributed by atoms with E-state index in [1.54, 1.807) is 19.2 Å². The fourth-order valence-corrected chi connectivity index (χ4v) is 3.99. The van der Waals surface area contributed by atoms with Crippen molar-refractivity contribution < 1.29 is 13.9 Å². The van der Waals surface area contributed by atoms with E-state index in [0.717, 1.165) is 24.2 Å². The highest BCUT2D eigenvalue weighted by Gasteiger charge is 2.37. The molecule has 0 saturated carbocycles. The Morgan fingerprint density at radius 3 is 2.79 bits per heavy atom. The van der Waals surface area contributed by atoms with Crippen molar-refractivity contribution in [3.05, 3.63) is 59.7 Å². The Morgan fingerprint density at radius 2 is 2.00 bits per heavy atom. The lowest BCUT2D eigenvalue weighted by Gasteiger charge is -2.39. The summed E-state index contributed by atoms with van der Waals surface area (Å²) in [6, 6.07) is 11.1. The summed E-state index contributed by atoms with van der Waals surface area (Å²) in [4.78, 5) is 8.49. The first kappa shape index (κ1) is 18.6. The van der Waals surface area contributed by atoms with Crippen LogP contribution in [0.15, 0.2) is 42.7 Å². The zero-order chi connectivity index (χ0) is 19.6. The van der Waals surface area contributed by atoms with Crippen molar-refractivity contribution in [2.24, 2.45) is 0 Å². The Labute approximate surface area is 163 Å². The molecule has 1 fully saturated rings. The molecule has 5 nitrogen and oxygen atoms in total. The van der Waals surface area contributed by atoms with Gasteiger partial charge in [-0.25, -0.2) is 14.4 Å². The predicted molar refractivity (Wildman–Crippen MR) is 107 cm³/mol. The van der Waals surface area contributed by atoms with Crippen LogP contribution in [-0.4, -0.2) is 36.8 Å². The lowest BCUT2D eigenvalue weighted by atomic mass is 9.73. The topological polar surface area (TPSA) is 56.3 Å². The maximum atomic E-state index is 14.4. The van der Waals surface area contributed by atoms with Crippen molar-refractivity contribution >= 4 is 16.7 Å². The summed E-state index contributed by atoms with van der Waals surface area (Å²) >= 11 is 0. The maximum Gasteiger partial charge on any atom is 0.140 e. The second-order valence-corrected chi connectivity index (χ2v) is 7.31. The molecular weight excluding hydrogens is 357 g/mol.